The number of anilines is 1. The summed E-state index contributed by atoms with van der Waals surface area (Å²) in [7, 11) is 1.52. The minimum Gasteiger partial charge on any atom is -0.481 e. The van der Waals surface area contributed by atoms with Gasteiger partial charge in [0, 0.05) is 36.4 Å². The van der Waals surface area contributed by atoms with Gasteiger partial charge in [0.15, 0.2) is 0 Å². The Morgan fingerprint density at radius 3 is 2.56 bits per heavy atom. The maximum absolute atomic E-state index is 12.3. The van der Waals surface area contributed by atoms with Gasteiger partial charge in [0.2, 0.25) is 5.88 Å². The van der Waals surface area contributed by atoms with Gasteiger partial charge in [-0.1, -0.05) is 6.07 Å². The van der Waals surface area contributed by atoms with E-state index in [9.17, 15) is 4.79 Å². The minimum atomic E-state index is -0.285. The van der Waals surface area contributed by atoms with Crippen molar-refractivity contribution in [1.29, 1.82) is 0 Å². The molecule has 7 nitrogen and oxygen atoms in total. The number of methoxy groups -OCH3 is 1. The van der Waals surface area contributed by atoms with Crippen LogP contribution < -0.4 is 14.8 Å². The number of carbonyl (C=O) groups excluding carboxylic acids is 1. The normalized spacial score (nSPS) is 10.2. The first-order chi connectivity index (χ1) is 12.1. The lowest BCUT2D eigenvalue weighted by Gasteiger charge is -2.08. The van der Waals surface area contributed by atoms with Crippen molar-refractivity contribution in [2.45, 2.75) is 0 Å². The molecule has 25 heavy (non-hydrogen) atoms. The number of hydrogen-bond donors (Lipinski definition) is 1. The van der Waals surface area contributed by atoms with Gasteiger partial charge in [-0.3, -0.25) is 4.79 Å². The van der Waals surface area contributed by atoms with Gasteiger partial charge in [0.1, 0.15) is 5.75 Å². The Morgan fingerprint density at radius 1 is 1.08 bits per heavy atom. The second-order valence-electron chi connectivity index (χ2n) is 4.86. The predicted molar refractivity (Wildman–Crippen MR) is 95.0 cm³/mol. The molecule has 0 saturated heterocycles. The number of halogens is 1. The van der Waals surface area contributed by atoms with E-state index in [0.29, 0.717) is 22.9 Å². The summed E-state index contributed by atoms with van der Waals surface area (Å²) in [4.78, 5) is 24.4. The van der Waals surface area contributed by atoms with Gasteiger partial charge >= 0.3 is 6.01 Å². The maximum atomic E-state index is 12.3. The number of aromatic nitrogens is 3. The first-order valence-corrected chi connectivity index (χ1v) is 8.00. The van der Waals surface area contributed by atoms with Crippen LogP contribution in [0.15, 0.2) is 59.5 Å². The summed E-state index contributed by atoms with van der Waals surface area (Å²) in [5.74, 6) is 0.668. The predicted octanol–water partition coefficient (Wildman–Crippen LogP) is 3.69. The minimum absolute atomic E-state index is 0.214. The number of nitrogens with zero attached hydrogens (tertiary/aromatic N) is 3. The smallest absolute Gasteiger partial charge is 0.321 e. The number of hydrogen-bond acceptors (Lipinski definition) is 6. The summed E-state index contributed by atoms with van der Waals surface area (Å²) in [6, 6.07) is 10.4. The molecule has 0 spiro atoms. The van der Waals surface area contributed by atoms with E-state index in [0.717, 1.165) is 4.47 Å². The average Bonchev–Trinajstić information content (AvgIpc) is 2.64. The van der Waals surface area contributed by atoms with Crippen LogP contribution in [0.4, 0.5) is 5.69 Å². The van der Waals surface area contributed by atoms with Gasteiger partial charge in [-0.05, 0) is 34.1 Å². The van der Waals surface area contributed by atoms with Crippen LogP contribution >= 0.6 is 15.9 Å². The number of carbonyl (C=O) groups is 1. The van der Waals surface area contributed by atoms with Gasteiger partial charge in [0.25, 0.3) is 5.91 Å². The number of benzene rings is 1. The van der Waals surface area contributed by atoms with E-state index in [1.807, 2.05) is 0 Å². The maximum Gasteiger partial charge on any atom is 0.321 e. The summed E-state index contributed by atoms with van der Waals surface area (Å²) in [6.45, 7) is 0. The SMILES string of the molecule is COc1ccc(C(=O)Nc2cccc(Oc3ncc(Br)cn3)c2)cn1. The van der Waals surface area contributed by atoms with Crippen molar-refractivity contribution in [3.63, 3.8) is 0 Å². The van der Waals surface area contributed by atoms with Crippen molar-refractivity contribution in [3.05, 3.63) is 65.0 Å². The molecule has 0 unspecified atom stereocenters. The van der Waals surface area contributed by atoms with E-state index < -0.39 is 0 Å². The van der Waals surface area contributed by atoms with Crippen LogP contribution in [0, 0.1) is 0 Å². The fourth-order valence-corrected chi connectivity index (χ4v) is 2.14. The molecule has 0 aliphatic rings. The van der Waals surface area contributed by atoms with Gasteiger partial charge in [-0.25, -0.2) is 15.0 Å². The third kappa shape index (κ3) is 4.51. The van der Waals surface area contributed by atoms with Crippen molar-refractivity contribution >= 4 is 27.5 Å². The molecular weight excluding hydrogens is 388 g/mol. The molecule has 8 heteroatoms. The molecule has 1 N–H and O–H groups in total. The van der Waals surface area contributed by atoms with Gasteiger partial charge < -0.3 is 14.8 Å². The fraction of sp³-hybridized carbons (Fsp3) is 0.0588. The third-order valence-electron chi connectivity index (χ3n) is 3.11. The number of ether oxygens (including phenoxy) is 2. The van der Waals surface area contributed by atoms with Crippen molar-refractivity contribution in [2.75, 3.05) is 12.4 Å². The summed E-state index contributed by atoms with van der Waals surface area (Å²) < 4.78 is 11.3. The molecule has 0 fully saturated rings. The highest BCUT2D eigenvalue weighted by Crippen LogP contribution is 2.22. The van der Waals surface area contributed by atoms with E-state index in [1.165, 1.54) is 13.3 Å². The molecule has 2 aromatic heterocycles. The van der Waals surface area contributed by atoms with Crippen LogP contribution in [0.5, 0.6) is 17.6 Å². The van der Waals surface area contributed by atoms with Crippen molar-refractivity contribution in [2.24, 2.45) is 0 Å². The number of amides is 1. The zero-order chi connectivity index (χ0) is 17.6. The number of pyridine rings is 1. The molecule has 0 bridgehead atoms. The summed E-state index contributed by atoms with van der Waals surface area (Å²) in [5.41, 5.74) is 0.999. The Bertz CT molecular complexity index is 870. The topological polar surface area (TPSA) is 86.2 Å². The number of rotatable bonds is 5. The standard InChI is InChI=1S/C17H13BrN4O3/c1-24-15-6-5-11(8-19-15)16(23)22-13-3-2-4-14(7-13)25-17-20-9-12(18)10-21-17/h2-10H,1H3,(H,22,23). The highest BCUT2D eigenvalue weighted by molar-refractivity contribution is 9.10. The van der Waals surface area contributed by atoms with Crippen LogP contribution in [0.2, 0.25) is 0 Å². The molecule has 126 valence electrons. The molecule has 0 saturated carbocycles. The molecule has 0 radical (unpaired) electrons. The Hall–Kier alpha value is -3.00. The van der Waals surface area contributed by atoms with E-state index in [1.54, 1.807) is 48.8 Å². The second kappa shape index (κ2) is 7.71. The largest absolute Gasteiger partial charge is 0.481 e. The lowest BCUT2D eigenvalue weighted by Crippen LogP contribution is -2.12. The molecule has 0 aliphatic carbocycles. The van der Waals surface area contributed by atoms with Crippen LogP contribution in [-0.4, -0.2) is 28.0 Å². The molecule has 3 rings (SSSR count). The zero-order valence-electron chi connectivity index (χ0n) is 13.1. The van der Waals surface area contributed by atoms with Crippen LogP contribution in [0.3, 0.4) is 0 Å². The van der Waals surface area contributed by atoms with Crippen LogP contribution in [-0.2, 0) is 0 Å². The second-order valence-corrected chi connectivity index (χ2v) is 5.77. The van der Waals surface area contributed by atoms with Crippen LogP contribution in [0.1, 0.15) is 10.4 Å². The Labute approximate surface area is 152 Å². The fourth-order valence-electron chi connectivity index (χ4n) is 1.93. The monoisotopic (exact) mass is 400 g/mol. The van der Waals surface area contributed by atoms with Crippen LogP contribution in [0.25, 0.3) is 0 Å². The molecule has 3 aromatic rings. The van der Waals surface area contributed by atoms with Crippen molar-refractivity contribution in [1.82, 2.24) is 15.0 Å². The average molecular weight is 401 g/mol. The van der Waals surface area contributed by atoms with E-state index >= 15 is 0 Å². The molecule has 1 aromatic carbocycles. The van der Waals surface area contributed by atoms with Crippen molar-refractivity contribution < 1.29 is 14.3 Å². The Kier molecular flexibility index (Phi) is 5.20. The Balaban J connectivity index is 1.70. The molecule has 0 aliphatic heterocycles. The summed E-state index contributed by atoms with van der Waals surface area (Å²) in [5, 5.41) is 2.78. The zero-order valence-corrected chi connectivity index (χ0v) is 14.7. The van der Waals surface area contributed by atoms with Gasteiger partial charge in [-0.15, -0.1) is 0 Å². The molecule has 1 amide bonds. The lowest BCUT2D eigenvalue weighted by atomic mass is 10.2. The molecule has 0 atom stereocenters. The van der Waals surface area contributed by atoms with Gasteiger partial charge in [0.05, 0.1) is 17.1 Å². The van der Waals surface area contributed by atoms with E-state index in [-0.39, 0.29) is 11.9 Å². The Morgan fingerprint density at radius 2 is 1.88 bits per heavy atom. The third-order valence-corrected chi connectivity index (χ3v) is 3.51. The molecule has 2 heterocycles. The van der Waals surface area contributed by atoms with Gasteiger partial charge in [-0.2, -0.15) is 0 Å². The first-order valence-electron chi connectivity index (χ1n) is 7.21. The van der Waals surface area contributed by atoms with Crippen molar-refractivity contribution in [3.8, 4) is 17.6 Å². The summed E-state index contributed by atoms with van der Waals surface area (Å²) >= 11 is 3.26. The first kappa shape index (κ1) is 16.8. The number of nitrogens with one attached hydrogen (secondary N) is 1. The van der Waals surface area contributed by atoms with E-state index in [4.69, 9.17) is 9.47 Å². The lowest BCUT2D eigenvalue weighted by molar-refractivity contribution is 0.102. The van der Waals surface area contributed by atoms with E-state index in [2.05, 4.69) is 36.2 Å². The highest BCUT2D eigenvalue weighted by Gasteiger charge is 2.08. The quantitative estimate of drug-likeness (QED) is 0.702. The highest BCUT2D eigenvalue weighted by atomic mass is 79.9. The molecular formula is C17H13BrN4O3. The summed E-state index contributed by atoms with van der Waals surface area (Å²) in [6.07, 6.45) is 4.62.